The minimum absolute atomic E-state index is 0.871. The van der Waals surface area contributed by atoms with Crippen molar-refractivity contribution in [3.63, 3.8) is 0 Å². The van der Waals surface area contributed by atoms with Gasteiger partial charge in [0.1, 0.15) is 0 Å². The average molecular weight is 160 g/mol. The molecule has 1 aromatic rings. The van der Waals surface area contributed by atoms with E-state index >= 15 is 0 Å². The molecule has 0 spiro atoms. The van der Waals surface area contributed by atoms with Crippen molar-refractivity contribution in [2.24, 2.45) is 9.98 Å². The molecular weight excluding hydrogens is 148 g/mol. The summed E-state index contributed by atoms with van der Waals surface area (Å²) >= 11 is 0. The maximum absolute atomic E-state index is 4.18. The summed E-state index contributed by atoms with van der Waals surface area (Å²) in [5.41, 5.74) is 2.86. The number of benzene rings is 1. The van der Waals surface area contributed by atoms with Gasteiger partial charge in [-0.2, -0.15) is 0 Å². The second-order valence-corrected chi connectivity index (χ2v) is 2.49. The van der Waals surface area contributed by atoms with E-state index in [2.05, 4.69) is 16.7 Å². The van der Waals surface area contributed by atoms with Gasteiger partial charge in [-0.3, -0.25) is 9.98 Å². The molecule has 2 nitrogen and oxygen atoms in total. The normalized spacial score (nSPS) is 10.5. The lowest BCUT2D eigenvalue weighted by Gasteiger charge is -2.01. The summed E-state index contributed by atoms with van der Waals surface area (Å²) in [6, 6.07) is 5.89. The zero-order valence-corrected chi connectivity index (χ0v) is 7.41. The van der Waals surface area contributed by atoms with Gasteiger partial charge in [-0.05, 0) is 32.2 Å². The minimum atomic E-state index is 0.871. The van der Waals surface area contributed by atoms with Gasteiger partial charge in [0.15, 0.2) is 0 Å². The average Bonchev–Trinajstić information content (AvgIpc) is 2.05. The Morgan fingerprint density at radius 1 is 1.42 bits per heavy atom. The molecule has 12 heavy (non-hydrogen) atoms. The lowest BCUT2D eigenvalue weighted by Crippen LogP contribution is -1.74. The molecule has 1 rings (SSSR count). The number of nitrogens with zero attached hydrogens (tertiary/aromatic N) is 2. The Balaban J connectivity index is 3.27. The van der Waals surface area contributed by atoms with E-state index in [1.165, 1.54) is 0 Å². The number of aryl methyl sites for hydroxylation is 1. The van der Waals surface area contributed by atoms with E-state index < -0.39 is 0 Å². The topological polar surface area (TPSA) is 24.7 Å². The standard InChI is InChI=1S/C10H12N2/c1-4-12-9-7-5-6-8(2)10(9)11-3/h4-7H,3H2,1-2H3/b12-4-. The SMILES string of the molecule is C=Nc1c(C)cccc1/N=C\C. The van der Waals surface area contributed by atoms with Crippen LogP contribution >= 0.6 is 0 Å². The Hall–Kier alpha value is -1.44. The highest BCUT2D eigenvalue weighted by atomic mass is 14.8. The number of aliphatic imine (C=N–C) groups is 2. The molecule has 0 heterocycles. The van der Waals surface area contributed by atoms with Crippen LogP contribution in [0.15, 0.2) is 28.2 Å². The third kappa shape index (κ3) is 1.59. The van der Waals surface area contributed by atoms with Crippen molar-refractivity contribution in [1.82, 2.24) is 0 Å². The van der Waals surface area contributed by atoms with Crippen LogP contribution in [0, 0.1) is 6.92 Å². The highest BCUT2D eigenvalue weighted by molar-refractivity contribution is 5.72. The fraction of sp³-hybridized carbons (Fsp3) is 0.200. The van der Waals surface area contributed by atoms with Crippen LogP contribution in [0.25, 0.3) is 0 Å². The molecule has 0 unspecified atom stereocenters. The van der Waals surface area contributed by atoms with Gasteiger partial charge in [-0.1, -0.05) is 12.1 Å². The number of para-hydroxylation sites is 1. The second-order valence-electron chi connectivity index (χ2n) is 2.49. The predicted octanol–water partition coefficient (Wildman–Crippen LogP) is 3.05. The molecule has 0 radical (unpaired) electrons. The van der Waals surface area contributed by atoms with Gasteiger partial charge in [0.25, 0.3) is 0 Å². The van der Waals surface area contributed by atoms with Crippen LogP contribution in [0.1, 0.15) is 12.5 Å². The molecule has 2 heteroatoms. The molecule has 0 aliphatic rings. The van der Waals surface area contributed by atoms with Crippen LogP contribution in [0.4, 0.5) is 11.4 Å². The minimum Gasteiger partial charge on any atom is -0.262 e. The first-order valence-electron chi connectivity index (χ1n) is 3.84. The van der Waals surface area contributed by atoms with E-state index in [1.807, 2.05) is 32.0 Å². The quantitative estimate of drug-likeness (QED) is 0.594. The van der Waals surface area contributed by atoms with Crippen LogP contribution in [0.2, 0.25) is 0 Å². The summed E-state index contributed by atoms with van der Waals surface area (Å²) in [7, 11) is 0. The summed E-state index contributed by atoms with van der Waals surface area (Å²) in [6.07, 6.45) is 1.75. The van der Waals surface area contributed by atoms with Gasteiger partial charge in [-0.15, -0.1) is 0 Å². The second kappa shape index (κ2) is 3.81. The molecule has 0 aromatic heterocycles. The van der Waals surface area contributed by atoms with Gasteiger partial charge in [0.2, 0.25) is 0 Å². The number of rotatable bonds is 2. The maximum atomic E-state index is 4.18. The number of hydrogen-bond donors (Lipinski definition) is 0. The summed E-state index contributed by atoms with van der Waals surface area (Å²) in [5, 5.41) is 0. The van der Waals surface area contributed by atoms with Gasteiger partial charge < -0.3 is 0 Å². The van der Waals surface area contributed by atoms with E-state index in [1.54, 1.807) is 6.21 Å². The summed E-state index contributed by atoms with van der Waals surface area (Å²) in [4.78, 5) is 8.10. The Morgan fingerprint density at radius 3 is 2.75 bits per heavy atom. The Labute approximate surface area is 72.7 Å². The van der Waals surface area contributed by atoms with Crippen LogP contribution in [-0.2, 0) is 0 Å². The van der Waals surface area contributed by atoms with Crippen LogP contribution < -0.4 is 0 Å². The smallest absolute Gasteiger partial charge is 0.0907 e. The van der Waals surface area contributed by atoms with Gasteiger partial charge >= 0.3 is 0 Å². The molecule has 0 aliphatic carbocycles. The van der Waals surface area contributed by atoms with Crippen molar-refractivity contribution in [2.45, 2.75) is 13.8 Å². The van der Waals surface area contributed by atoms with Crippen molar-refractivity contribution in [2.75, 3.05) is 0 Å². The Kier molecular flexibility index (Phi) is 2.75. The van der Waals surface area contributed by atoms with E-state index in [4.69, 9.17) is 0 Å². The monoisotopic (exact) mass is 160 g/mol. The molecule has 1 aromatic carbocycles. The lowest BCUT2D eigenvalue weighted by molar-refractivity contribution is 1.38. The molecule has 0 fully saturated rings. The van der Waals surface area contributed by atoms with Crippen LogP contribution in [0.5, 0.6) is 0 Å². The molecule has 0 aliphatic heterocycles. The van der Waals surface area contributed by atoms with Crippen molar-refractivity contribution in [1.29, 1.82) is 0 Å². The highest BCUT2D eigenvalue weighted by Gasteiger charge is 1.99. The van der Waals surface area contributed by atoms with Crippen molar-refractivity contribution in [3.05, 3.63) is 23.8 Å². The third-order valence-corrected chi connectivity index (χ3v) is 1.64. The number of hydrogen-bond acceptors (Lipinski definition) is 2. The van der Waals surface area contributed by atoms with E-state index in [0.717, 1.165) is 16.9 Å². The summed E-state index contributed by atoms with van der Waals surface area (Å²) < 4.78 is 0. The molecule has 0 N–H and O–H groups in total. The molecule has 0 saturated carbocycles. The van der Waals surface area contributed by atoms with E-state index in [0.29, 0.717) is 0 Å². The highest BCUT2D eigenvalue weighted by Crippen LogP contribution is 2.30. The summed E-state index contributed by atoms with van der Waals surface area (Å²) in [6.45, 7) is 7.39. The third-order valence-electron chi connectivity index (χ3n) is 1.64. The van der Waals surface area contributed by atoms with Gasteiger partial charge in [-0.25, -0.2) is 0 Å². The molecular formula is C10H12N2. The zero-order chi connectivity index (χ0) is 8.97. The fourth-order valence-electron chi connectivity index (χ4n) is 1.09. The lowest BCUT2D eigenvalue weighted by atomic mass is 10.2. The van der Waals surface area contributed by atoms with Crippen LogP contribution in [-0.4, -0.2) is 12.9 Å². The predicted molar refractivity (Wildman–Crippen MR) is 54.2 cm³/mol. The maximum Gasteiger partial charge on any atom is 0.0907 e. The Bertz CT molecular complexity index is 314. The zero-order valence-electron chi connectivity index (χ0n) is 7.41. The first-order chi connectivity index (χ1) is 5.79. The van der Waals surface area contributed by atoms with Crippen molar-refractivity contribution in [3.8, 4) is 0 Å². The molecule has 62 valence electrons. The van der Waals surface area contributed by atoms with Crippen molar-refractivity contribution < 1.29 is 0 Å². The first-order valence-corrected chi connectivity index (χ1v) is 3.84. The van der Waals surface area contributed by atoms with Gasteiger partial charge in [0, 0.05) is 6.21 Å². The first kappa shape index (κ1) is 8.65. The largest absolute Gasteiger partial charge is 0.262 e. The molecule has 0 amide bonds. The summed E-state index contributed by atoms with van der Waals surface area (Å²) in [5.74, 6) is 0. The van der Waals surface area contributed by atoms with Crippen LogP contribution in [0.3, 0.4) is 0 Å². The fourth-order valence-corrected chi connectivity index (χ4v) is 1.09. The van der Waals surface area contributed by atoms with E-state index in [-0.39, 0.29) is 0 Å². The molecule has 0 bridgehead atoms. The van der Waals surface area contributed by atoms with Crippen molar-refractivity contribution >= 4 is 24.3 Å². The molecule has 0 saturated heterocycles. The van der Waals surface area contributed by atoms with E-state index in [9.17, 15) is 0 Å². The molecule has 0 atom stereocenters. The Morgan fingerprint density at radius 2 is 2.17 bits per heavy atom. The van der Waals surface area contributed by atoms with Gasteiger partial charge in [0.05, 0.1) is 11.4 Å².